The van der Waals surface area contributed by atoms with Gasteiger partial charge >= 0.3 is 6.03 Å². The number of anilines is 1. The fraction of sp³-hybridized carbons (Fsp3) is 0.179. The van der Waals surface area contributed by atoms with E-state index >= 15 is 0 Å². The lowest BCUT2D eigenvalue weighted by molar-refractivity contribution is 0.194. The molecule has 1 atom stereocenters. The van der Waals surface area contributed by atoms with Gasteiger partial charge in [0.05, 0.1) is 12.2 Å². The third-order valence-electron chi connectivity index (χ3n) is 6.33. The van der Waals surface area contributed by atoms with E-state index in [1.807, 2.05) is 42.2 Å². The van der Waals surface area contributed by atoms with Crippen LogP contribution in [0.1, 0.15) is 39.6 Å². The molecule has 0 spiro atoms. The number of aryl methyl sites for hydroxylation is 3. The summed E-state index contributed by atoms with van der Waals surface area (Å²) in [5.41, 5.74) is 8.71. The lowest BCUT2D eigenvalue weighted by Gasteiger charge is -2.32. The second kappa shape index (κ2) is 8.04. The maximum absolute atomic E-state index is 13.8. The quantitative estimate of drug-likeness (QED) is 0.392. The first-order valence-corrected chi connectivity index (χ1v) is 11.0. The zero-order valence-electron chi connectivity index (χ0n) is 18.7. The number of aromatic nitrogens is 1. The lowest BCUT2D eigenvalue weighted by atomic mass is 9.97. The number of para-hydroxylation sites is 1. The number of urea groups is 1. The van der Waals surface area contributed by atoms with Crippen LogP contribution in [0.4, 0.5) is 10.5 Å². The topological polar surface area (TPSA) is 37.3 Å². The smallest absolute Gasteiger partial charge is 0.318 e. The summed E-state index contributed by atoms with van der Waals surface area (Å²) in [4.78, 5) is 15.8. The fourth-order valence-electron chi connectivity index (χ4n) is 4.70. The van der Waals surface area contributed by atoms with E-state index in [1.54, 1.807) is 0 Å². The standard InChI is InChI=1S/C28H27N3O/c1-19-14-15-24(21(3)17-19)29-28(32)31-18-22-10-5-7-12-25(22)30-16-8-13-26(30)27(31)23-11-6-4-9-20(23)2/h4-17,27H,18H2,1-3H3,(H,29,32). The van der Waals surface area contributed by atoms with E-state index in [0.717, 1.165) is 33.8 Å². The highest BCUT2D eigenvalue weighted by Crippen LogP contribution is 2.38. The molecule has 0 aliphatic carbocycles. The van der Waals surface area contributed by atoms with Gasteiger partial charge in [-0.2, -0.15) is 0 Å². The SMILES string of the molecule is Cc1ccc(NC(=O)N2Cc3ccccc3-n3cccc3C2c2ccccc2C)c(C)c1. The van der Waals surface area contributed by atoms with Crippen molar-refractivity contribution in [3.63, 3.8) is 0 Å². The van der Waals surface area contributed by atoms with Crippen LogP contribution in [0.25, 0.3) is 5.69 Å². The van der Waals surface area contributed by atoms with E-state index in [-0.39, 0.29) is 12.1 Å². The molecular weight excluding hydrogens is 394 g/mol. The highest BCUT2D eigenvalue weighted by atomic mass is 16.2. The molecule has 0 bridgehead atoms. The number of hydrogen-bond acceptors (Lipinski definition) is 1. The van der Waals surface area contributed by atoms with Gasteiger partial charge in [0, 0.05) is 17.6 Å². The van der Waals surface area contributed by atoms with Crippen molar-refractivity contribution >= 4 is 11.7 Å². The first-order chi connectivity index (χ1) is 15.5. The highest BCUT2D eigenvalue weighted by Gasteiger charge is 2.33. The molecule has 0 radical (unpaired) electrons. The van der Waals surface area contributed by atoms with Gasteiger partial charge in [-0.25, -0.2) is 4.79 Å². The van der Waals surface area contributed by atoms with Crippen LogP contribution in [0.2, 0.25) is 0 Å². The average molecular weight is 422 g/mol. The average Bonchev–Trinajstić information content (AvgIpc) is 3.21. The van der Waals surface area contributed by atoms with Crippen molar-refractivity contribution in [2.75, 3.05) is 5.32 Å². The Balaban J connectivity index is 1.65. The number of nitrogens with one attached hydrogen (secondary N) is 1. The summed E-state index contributed by atoms with van der Waals surface area (Å²) >= 11 is 0. The van der Waals surface area contributed by atoms with Crippen LogP contribution in [0.15, 0.2) is 85.1 Å². The molecule has 1 aliphatic rings. The molecule has 1 aliphatic heterocycles. The summed E-state index contributed by atoms with van der Waals surface area (Å²) in [6, 6.07) is 26.6. The molecular formula is C28H27N3O. The van der Waals surface area contributed by atoms with E-state index in [4.69, 9.17) is 0 Å². The Hall–Kier alpha value is -3.79. The van der Waals surface area contributed by atoms with Gasteiger partial charge in [0.1, 0.15) is 6.04 Å². The Morgan fingerprint density at radius 1 is 0.875 bits per heavy atom. The minimum absolute atomic E-state index is 0.102. The molecule has 32 heavy (non-hydrogen) atoms. The molecule has 160 valence electrons. The Morgan fingerprint density at radius 2 is 1.66 bits per heavy atom. The van der Waals surface area contributed by atoms with Gasteiger partial charge < -0.3 is 14.8 Å². The number of rotatable bonds is 2. The summed E-state index contributed by atoms with van der Waals surface area (Å²) in [6.07, 6.45) is 2.09. The number of benzene rings is 3. The fourth-order valence-corrected chi connectivity index (χ4v) is 4.70. The zero-order valence-corrected chi connectivity index (χ0v) is 18.7. The monoisotopic (exact) mass is 421 g/mol. The predicted octanol–water partition coefficient (Wildman–Crippen LogP) is 6.54. The summed E-state index contributed by atoms with van der Waals surface area (Å²) in [6.45, 7) is 6.73. The number of fused-ring (bicyclic) bond motifs is 3. The van der Waals surface area contributed by atoms with E-state index in [0.29, 0.717) is 6.54 Å². The van der Waals surface area contributed by atoms with Crippen molar-refractivity contribution in [3.05, 3.63) is 119 Å². The van der Waals surface area contributed by atoms with Crippen LogP contribution in [-0.2, 0) is 6.54 Å². The lowest BCUT2D eigenvalue weighted by Crippen LogP contribution is -2.38. The summed E-state index contributed by atoms with van der Waals surface area (Å²) in [5, 5.41) is 3.19. The van der Waals surface area contributed by atoms with Gasteiger partial charge in [0.25, 0.3) is 0 Å². The maximum Gasteiger partial charge on any atom is 0.322 e. The number of amides is 2. The van der Waals surface area contributed by atoms with E-state index in [1.165, 1.54) is 11.1 Å². The Kier molecular flexibility index (Phi) is 5.06. The normalized spacial score (nSPS) is 15.0. The van der Waals surface area contributed by atoms with Crippen LogP contribution in [-0.4, -0.2) is 15.5 Å². The Morgan fingerprint density at radius 3 is 2.47 bits per heavy atom. The van der Waals surface area contributed by atoms with Crippen LogP contribution in [0.5, 0.6) is 0 Å². The Bertz CT molecular complexity index is 1300. The largest absolute Gasteiger partial charge is 0.322 e. The van der Waals surface area contributed by atoms with E-state index in [2.05, 4.69) is 78.5 Å². The highest BCUT2D eigenvalue weighted by molar-refractivity contribution is 5.91. The van der Waals surface area contributed by atoms with Gasteiger partial charge in [0.2, 0.25) is 0 Å². The summed E-state index contributed by atoms with van der Waals surface area (Å²) < 4.78 is 2.22. The molecule has 1 aromatic heterocycles. The van der Waals surface area contributed by atoms with E-state index < -0.39 is 0 Å². The molecule has 3 aromatic carbocycles. The minimum Gasteiger partial charge on any atom is -0.318 e. The van der Waals surface area contributed by atoms with Gasteiger partial charge in [-0.05, 0) is 67.3 Å². The van der Waals surface area contributed by atoms with Crippen LogP contribution >= 0.6 is 0 Å². The molecule has 0 saturated carbocycles. The minimum atomic E-state index is -0.204. The molecule has 5 rings (SSSR count). The number of hydrogen-bond donors (Lipinski definition) is 1. The summed E-state index contributed by atoms with van der Waals surface area (Å²) in [5.74, 6) is 0. The molecule has 4 heteroatoms. The molecule has 2 amide bonds. The molecule has 4 aromatic rings. The van der Waals surface area contributed by atoms with Crippen molar-refractivity contribution in [2.45, 2.75) is 33.4 Å². The Labute approximate surface area is 189 Å². The van der Waals surface area contributed by atoms with Crippen molar-refractivity contribution in [1.29, 1.82) is 0 Å². The van der Waals surface area contributed by atoms with Crippen LogP contribution in [0.3, 0.4) is 0 Å². The second-order valence-electron chi connectivity index (χ2n) is 8.57. The molecule has 0 fully saturated rings. The summed E-state index contributed by atoms with van der Waals surface area (Å²) in [7, 11) is 0. The third-order valence-corrected chi connectivity index (χ3v) is 6.33. The molecule has 1 N–H and O–H groups in total. The van der Waals surface area contributed by atoms with Crippen LogP contribution in [0, 0.1) is 20.8 Å². The van der Waals surface area contributed by atoms with Gasteiger partial charge in [-0.15, -0.1) is 0 Å². The van der Waals surface area contributed by atoms with Gasteiger partial charge in [-0.3, -0.25) is 0 Å². The van der Waals surface area contributed by atoms with Crippen molar-refractivity contribution in [1.82, 2.24) is 9.47 Å². The van der Waals surface area contributed by atoms with Crippen molar-refractivity contribution in [2.24, 2.45) is 0 Å². The number of nitrogens with zero attached hydrogens (tertiary/aromatic N) is 2. The first-order valence-electron chi connectivity index (χ1n) is 11.0. The van der Waals surface area contributed by atoms with Crippen molar-refractivity contribution < 1.29 is 4.79 Å². The van der Waals surface area contributed by atoms with Gasteiger partial charge in [0.15, 0.2) is 0 Å². The van der Waals surface area contributed by atoms with Gasteiger partial charge in [-0.1, -0.05) is 60.2 Å². The number of carbonyl (C=O) groups is 1. The molecule has 1 unspecified atom stereocenters. The first kappa shape index (κ1) is 20.1. The second-order valence-corrected chi connectivity index (χ2v) is 8.57. The third kappa shape index (κ3) is 3.48. The predicted molar refractivity (Wildman–Crippen MR) is 129 cm³/mol. The van der Waals surface area contributed by atoms with Crippen LogP contribution < -0.4 is 5.32 Å². The van der Waals surface area contributed by atoms with E-state index in [9.17, 15) is 4.79 Å². The van der Waals surface area contributed by atoms with Crippen molar-refractivity contribution in [3.8, 4) is 5.69 Å². The number of carbonyl (C=O) groups excluding carboxylic acids is 1. The zero-order chi connectivity index (χ0) is 22.2. The maximum atomic E-state index is 13.8. The molecule has 4 nitrogen and oxygen atoms in total. The molecule has 2 heterocycles. The molecule has 0 saturated heterocycles.